The quantitative estimate of drug-likeness (QED) is 0.789. The molecule has 2 aliphatic rings. The second kappa shape index (κ2) is 8.16. The van der Waals surface area contributed by atoms with Crippen molar-refractivity contribution in [3.8, 4) is 0 Å². The van der Waals surface area contributed by atoms with Gasteiger partial charge < -0.3 is 18.9 Å². The first-order valence-corrected chi connectivity index (χ1v) is 9.34. The number of carbonyl (C=O) groups is 1. The van der Waals surface area contributed by atoms with Crippen molar-refractivity contribution >= 4 is 5.91 Å². The monoisotopic (exact) mass is 371 g/mol. The van der Waals surface area contributed by atoms with Gasteiger partial charge in [0.1, 0.15) is 0 Å². The number of rotatable bonds is 4. The lowest BCUT2D eigenvalue weighted by Gasteiger charge is -2.43. The molecular weight excluding hydrogens is 346 g/mol. The van der Waals surface area contributed by atoms with Crippen LogP contribution in [-0.4, -0.2) is 82.3 Å². The van der Waals surface area contributed by atoms with Gasteiger partial charge in [-0.3, -0.25) is 14.7 Å². The number of aryl methyl sites for hydroxylation is 1. The molecule has 1 amide bonds. The number of hydrogen-bond donors (Lipinski definition) is 0. The summed E-state index contributed by atoms with van der Waals surface area (Å²) in [5, 5.41) is 0. The fourth-order valence-electron chi connectivity index (χ4n) is 3.80. The topological polar surface area (TPSA) is 72.7 Å². The molecule has 4 heterocycles. The Morgan fingerprint density at radius 2 is 2.07 bits per heavy atom. The van der Waals surface area contributed by atoms with E-state index in [1.807, 2.05) is 30.3 Å². The number of morpholine rings is 2. The molecule has 0 saturated carbocycles. The van der Waals surface area contributed by atoms with Crippen LogP contribution in [0.1, 0.15) is 22.2 Å². The molecule has 2 aliphatic heterocycles. The maximum atomic E-state index is 13.2. The van der Waals surface area contributed by atoms with Gasteiger partial charge in [0.25, 0.3) is 5.91 Å². The average molecular weight is 371 g/mol. The first kappa shape index (κ1) is 18.1. The van der Waals surface area contributed by atoms with Crippen LogP contribution >= 0.6 is 0 Å². The third kappa shape index (κ3) is 3.87. The number of imidazole rings is 1. The SMILES string of the molecule is Cn1ccnc1C(=O)N1CCO[C@@H](CN2CCOCC2)[C@@H]1c1cccnc1. The van der Waals surface area contributed by atoms with Gasteiger partial charge in [-0.2, -0.15) is 0 Å². The van der Waals surface area contributed by atoms with Gasteiger partial charge in [0, 0.05) is 58.0 Å². The fourth-order valence-corrected chi connectivity index (χ4v) is 3.80. The molecule has 0 radical (unpaired) electrons. The van der Waals surface area contributed by atoms with Crippen LogP contribution in [0, 0.1) is 0 Å². The Labute approximate surface area is 158 Å². The van der Waals surface area contributed by atoms with E-state index >= 15 is 0 Å². The van der Waals surface area contributed by atoms with Crippen LogP contribution in [0.25, 0.3) is 0 Å². The zero-order valence-electron chi connectivity index (χ0n) is 15.5. The van der Waals surface area contributed by atoms with Gasteiger partial charge in [0.05, 0.1) is 32.0 Å². The van der Waals surface area contributed by atoms with Gasteiger partial charge in [-0.25, -0.2) is 4.98 Å². The Bertz CT molecular complexity index is 760. The molecule has 2 saturated heterocycles. The zero-order valence-corrected chi connectivity index (χ0v) is 15.5. The molecule has 0 aliphatic carbocycles. The van der Waals surface area contributed by atoms with Crippen molar-refractivity contribution in [3.63, 3.8) is 0 Å². The molecule has 27 heavy (non-hydrogen) atoms. The van der Waals surface area contributed by atoms with Crippen molar-refractivity contribution in [2.45, 2.75) is 12.1 Å². The van der Waals surface area contributed by atoms with E-state index in [1.165, 1.54) is 0 Å². The van der Waals surface area contributed by atoms with Crippen molar-refractivity contribution in [3.05, 3.63) is 48.3 Å². The molecule has 8 nitrogen and oxygen atoms in total. The lowest BCUT2D eigenvalue weighted by atomic mass is 9.98. The Kier molecular flexibility index (Phi) is 5.47. The number of amides is 1. The smallest absolute Gasteiger partial charge is 0.290 e. The summed E-state index contributed by atoms with van der Waals surface area (Å²) in [6, 6.07) is 3.72. The highest BCUT2D eigenvalue weighted by molar-refractivity contribution is 5.91. The highest BCUT2D eigenvalue weighted by Crippen LogP contribution is 2.31. The van der Waals surface area contributed by atoms with Crippen LogP contribution in [-0.2, 0) is 16.5 Å². The zero-order chi connectivity index (χ0) is 18.6. The van der Waals surface area contributed by atoms with Crippen LogP contribution in [0.5, 0.6) is 0 Å². The van der Waals surface area contributed by atoms with Crippen LogP contribution < -0.4 is 0 Å². The van der Waals surface area contributed by atoms with Crippen molar-refractivity contribution < 1.29 is 14.3 Å². The van der Waals surface area contributed by atoms with Crippen molar-refractivity contribution in [1.29, 1.82) is 0 Å². The molecule has 144 valence electrons. The maximum Gasteiger partial charge on any atom is 0.290 e. The molecule has 0 aromatic carbocycles. The van der Waals surface area contributed by atoms with E-state index in [9.17, 15) is 4.79 Å². The molecular formula is C19H25N5O3. The minimum atomic E-state index is -0.195. The van der Waals surface area contributed by atoms with Gasteiger partial charge in [-0.1, -0.05) is 6.07 Å². The van der Waals surface area contributed by atoms with Crippen LogP contribution in [0.2, 0.25) is 0 Å². The summed E-state index contributed by atoms with van der Waals surface area (Å²) < 4.78 is 13.4. The minimum absolute atomic E-state index is 0.0772. The molecule has 2 fully saturated rings. The summed E-state index contributed by atoms with van der Waals surface area (Å²) in [5.74, 6) is 0.363. The van der Waals surface area contributed by atoms with Gasteiger partial charge in [0.15, 0.2) is 5.82 Å². The molecule has 0 N–H and O–H groups in total. The summed E-state index contributed by atoms with van der Waals surface area (Å²) in [7, 11) is 1.84. The first-order valence-electron chi connectivity index (χ1n) is 9.34. The van der Waals surface area contributed by atoms with Crippen LogP contribution in [0.3, 0.4) is 0 Å². The number of ether oxygens (including phenoxy) is 2. The number of carbonyl (C=O) groups excluding carboxylic acids is 1. The van der Waals surface area contributed by atoms with Crippen molar-refractivity contribution in [2.75, 3.05) is 46.0 Å². The average Bonchev–Trinajstić information content (AvgIpc) is 3.14. The first-order chi connectivity index (χ1) is 13.2. The lowest BCUT2D eigenvalue weighted by Crippen LogP contribution is -2.53. The van der Waals surface area contributed by atoms with E-state index in [1.54, 1.807) is 23.2 Å². The molecule has 0 bridgehead atoms. The Hall–Kier alpha value is -2.29. The molecule has 0 spiro atoms. The van der Waals surface area contributed by atoms with E-state index < -0.39 is 0 Å². The summed E-state index contributed by atoms with van der Waals surface area (Å²) in [5.41, 5.74) is 0.984. The molecule has 2 atom stereocenters. The number of hydrogen-bond acceptors (Lipinski definition) is 6. The molecule has 8 heteroatoms. The van der Waals surface area contributed by atoms with E-state index in [-0.39, 0.29) is 18.1 Å². The Morgan fingerprint density at radius 1 is 1.22 bits per heavy atom. The predicted molar refractivity (Wildman–Crippen MR) is 98.2 cm³/mol. The van der Waals surface area contributed by atoms with Gasteiger partial charge in [-0.15, -0.1) is 0 Å². The van der Waals surface area contributed by atoms with Gasteiger partial charge >= 0.3 is 0 Å². The summed E-state index contributed by atoms with van der Waals surface area (Å²) in [6.45, 7) is 5.04. The number of aromatic nitrogens is 3. The largest absolute Gasteiger partial charge is 0.379 e. The number of pyridine rings is 1. The predicted octanol–water partition coefficient (Wildman–Crippen LogP) is 0.730. The molecule has 2 aromatic rings. The van der Waals surface area contributed by atoms with Crippen molar-refractivity contribution in [2.24, 2.45) is 7.05 Å². The van der Waals surface area contributed by atoms with Gasteiger partial charge in [0.2, 0.25) is 0 Å². The van der Waals surface area contributed by atoms with Crippen LogP contribution in [0.4, 0.5) is 0 Å². The lowest BCUT2D eigenvalue weighted by molar-refractivity contribution is -0.0822. The standard InChI is InChI=1S/C19H25N5O3/c1-22-6-5-21-18(22)19(25)24-9-12-27-16(14-23-7-10-26-11-8-23)17(24)15-3-2-4-20-13-15/h2-6,13,16-17H,7-12,14H2,1H3/t16-,17-/m0/s1. The summed E-state index contributed by atoms with van der Waals surface area (Å²) >= 11 is 0. The minimum Gasteiger partial charge on any atom is -0.379 e. The van der Waals surface area contributed by atoms with Crippen LogP contribution in [0.15, 0.2) is 36.9 Å². The second-order valence-corrected chi connectivity index (χ2v) is 6.91. The Morgan fingerprint density at radius 3 is 2.78 bits per heavy atom. The fraction of sp³-hybridized carbons (Fsp3) is 0.526. The number of nitrogens with zero attached hydrogens (tertiary/aromatic N) is 5. The van der Waals surface area contributed by atoms with Crippen molar-refractivity contribution in [1.82, 2.24) is 24.3 Å². The molecule has 4 rings (SSSR count). The summed E-state index contributed by atoms with van der Waals surface area (Å²) in [4.78, 5) is 26.0. The molecule has 0 unspecified atom stereocenters. The second-order valence-electron chi connectivity index (χ2n) is 6.91. The highest BCUT2D eigenvalue weighted by atomic mass is 16.5. The van der Waals surface area contributed by atoms with Gasteiger partial charge in [-0.05, 0) is 11.6 Å². The van der Waals surface area contributed by atoms with E-state index in [2.05, 4.69) is 14.9 Å². The molecule has 2 aromatic heterocycles. The van der Waals surface area contributed by atoms with E-state index in [0.717, 1.165) is 38.4 Å². The third-order valence-electron chi connectivity index (χ3n) is 5.19. The maximum absolute atomic E-state index is 13.2. The Balaban J connectivity index is 1.62. The highest BCUT2D eigenvalue weighted by Gasteiger charge is 2.38. The summed E-state index contributed by atoms with van der Waals surface area (Å²) in [6.07, 6.45) is 6.89. The normalized spacial score (nSPS) is 24.1. The third-order valence-corrected chi connectivity index (χ3v) is 5.19. The van der Waals surface area contributed by atoms with E-state index in [0.29, 0.717) is 19.0 Å². The van der Waals surface area contributed by atoms with E-state index in [4.69, 9.17) is 9.47 Å².